The number of hydrogen-bond acceptors (Lipinski definition) is 3. The van der Waals surface area contributed by atoms with Crippen LogP contribution in [0.25, 0.3) is 10.2 Å². The molecule has 5 heteroatoms. The number of thiophene rings is 1. The molecule has 0 radical (unpaired) electrons. The van der Waals surface area contributed by atoms with Crippen LogP contribution >= 0.6 is 11.3 Å². The van der Waals surface area contributed by atoms with Crippen molar-refractivity contribution in [3.63, 3.8) is 0 Å². The number of hydrogen-bond donors (Lipinski definition) is 0. The lowest BCUT2D eigenvalue weighted by molar-refractivity contribution is 0.508. The van der Waals surface area contributed by atoms with Crippen molar-refractivity contribution in [2.24, 2.45) is 5.92 Å². The zero-order chi connectivity index (χ0) is 14.6. The normalized spacial score (nSPS) is 18.1. The van der Waals surface area contributed by atoms with Crippen LogP contribution in [0.5, 0.6) is 0 Å². The number of fused-ring (bicyclic) bond motifs is 3. The Labute approximate surface area is 126 Å². The first-order chi connectivity index (χ1) is 10.1. The van der Waals surface area contributed by atoms with E-state index in [1.165, 1.54) is 10.4 Å². The summed E-state index contributed by atoms with van der Waals surface area (Å²) in [4.78, 5) is 19.9. The highest BCUT2D eigenvalue weighted by atomic mass is 32.1. The molecule has 108 valence electrons. The molecule has 0 bridgehead atoms. The Hall–Kier alpha value is -1.88. The van der Waals surface area contributed by atoms with Crippen molar-refractivity contribution < 1.29 is 0 Å². The predicted octanol–water partition coefficient (Wildman–Crippen LogP) is 3.00. The molecule has 0 spiro atoms. The lowest BCUT2D eigenvalue weighted by Gasteiger charge is -2.17. The Morgan fingerprint density at radius 1 is 1.33 bits per heavy atom. The monoisotopic (exact) mass is 299 g/mol. The summed E-state index contributed by atoms with van der Waals surface area (Å²) in [6, 6.07) is 3.84. The van der Waals surface area contributed by atoms with Gasteiger partial charge in [-0.15, -0.1) is 11.3 Å². The van der Waals surface area contributed by atoms with E-state index in [4.69, 9.17) is 0 Å². The van der Waals surface area contributed by atoms with Crippen molar-refractivity contribution >= 4 is 21.6 Å². The van der Waals surface area contributed by atoms with Crippen LogP contribution in [0, 0.1) is 12.8 Å². The molecule has 0 saturated carbocycles. The Morgan fingerprint density at radius 2 is 2.10 bits per heavy atom. The van der Waals surface area contributed by atoms with Crippen LogP contribution in [0.2, 0.25) is 0 Å². The maximum Gasteiger partial charge on any atom is 0.281 e. The molecule has 3 heterocycles. The molecule has 0 saturated heterocycles. The van der Waals surface area contributed by atoms with Crippen LogP contribution in [0.3, 0.4) is 0 Å². The van der Waals surface area contributed by atoms with Crippen LogP contribution in [0.1, 0.15) is 29.6 Å². The zero-order valence-corrected chi connectivity index (χ0v) is 13.0. The molecular weight excluding hydrogens is 282 g/mol. The van der Waals surface area contributed by atoms with Gasteiger partial charge >= 0.3 is 0 Å². The molecule has 0 fully saturated rings. The average Bonchev–Trinajstić information content (AvgIpc) is 3.05. The molecule has 3 aromatic rings. The van der Waals surface area contributed by atoms with Gasteiger partial charge in [-0.3, -0.25) is 9.47 Å². The summed E-state index contributed by atoms with van der Waals surface area (Å²) in [5, 5.41) is 0.834. The highest BCUT2D eigenvalue weighted by molar-refractivity contribution is 7.18. The fourth-order valence-corrected chi connectivity index (χ4v) is 4.63. The van der Waals surface area contributed by atoms with E-state index in [0.29, 0.717) is 5.92 Å². The highest BCUT2D eigenvalue weighted by Gasteiger charge is 2.24. The fourth-order valence-electron chi connectivity index (χ4n) is 3.21. The van der Waals surface area contributed by atoms with Gasteiger partial charge < -0.3 is 0 Å². The molecule has 3 aromatic heterocycles. The van der Waals surface area contributed by atoms with Crippen LogP contribution < -0.4 is 5.56 Å². The van der Waals surface area contributed by atoms with E-state index in [9.17, 15) is 4.79 Å². The topological polar surface area (TPSA) is 39.8 Å². The van der Waals surface area contributed by atoms with E-state index in [1.54, 1.807) is 20.7 Å². The summed E-state index contributed by atoms with van der Waals surface area (Å²) >= 11 is 1.70. The Bertz CT molecular complexity index is 873. The Kier molecular flexibility index (Phi) is 2.79. The van der Waals surface area contributed by atoms with Crippen LogP contribution in [-0.4, -0.2) is 14.3 Å². The quantitative estimate of drug-likeness (QED) is 0.693. The molecule has 1 aliphatic carbocycles. The van der Waals surface area contributed by atoms with Crippen molar-refractivity contribution in [1.82, 2.24) is 14.3 Å². The van der Waals surface area contributed by atoms with Gasteiger partial charge in [0.15, 0.2) is 0 Å². The molecule has 1 aliphatic rings. The maximum atomic E-state index is 13.0. The summed E-state index contributed by atoms with van der Waals surface area (Å²) in [6.07, 6.45) is 7.00. The van der Waals surface area contributed by atoms with Crippen LogP contribution in [0.4, 0.5) is 0 Å². The number of rotatable bonds is 1. The molecule has 1 atom stereocenters. The Morgan fingerprint density at radius 3 is 2.86 bits per heavy atom. The van der Waals surface area contributed by atoms with Gasteiger partial charge in [-0.05, 0) is 49.8 Å². The van der Waals surface area contributed by atoms with E-state index >= 15 is 0 Å². The molecule has 0 aromatic carbocycles. The van der Waals surface area contributed by atoms with E-state index in [2.05, 4.69) is 11.9 Å². The van der Waals surface area contributed by atoms with E-state index < -0.39 is 0 Å². The van der Waals surface area contributed by atoms with Crippen molar-refractivity contribution in [3.05, 3.63) is 51.1 Å². The second-order valence-electron chi connectivity index (χ2n) is 5.87. The summed E-state index contributed by atoms with van der Waals surface area (Å²) in [7, 11) is 0. The summed E-state index contributed by atoms with van der Waals surface area (Å²) < 4.78 is 3.47. The molecule has 21 heavy (non-hydrogen) atoms. The van der Waals surface area contributed by atoms with E-state index in [-0.39, 0.29) is 5.56 Å². The molecule has 4 rings (SSSR count). The zero-order valence-electron chi connectivity index (χ0n) is 12.2. The molecule has 0 aliphatic heterocycles. The molecule has 4 nitrogen and oxygen atoms in total. The maximum absolute atomic E-state index is 13.0. The predicted molar refractivity (Wildman–Crippen MR) is 85.0 cm³/mol. The van der Waals surface area contributed by atoms with Gasteiger partial charge in [0.1, 0.15) is 10.7 Å². The molecular formula is C16H17N3OS. The van der Waals surface area contributed by atoms with Gasteiger partial charge in [-0.25, -0.2) is 4.98 Å². The van der Waals surface area contributed by atoms with Gasteiger partial charge in [0, 0.05) is 17.3 Å². The molecule has 0 N–H and O–H groups in total. The second kappa shape index (κ2) is 4.56. The van der Waals surface area contributed by atoms with Crippen LogP contribution in [0.15, 0.2) is 29.3 Å². The van der Waals surface area contributed by atoms with Gasteiger partial charge in [0.25, 0.3) is 5.56 Å². The standard InChI is InChI=1S/C16H17N3OS/c1-10-5-6-12-13(9-10)21-15-14(12)16(20)19(11(2)17-15)18-7-3-4-8-18/h3-4,7-8,10H,5-6,9H2,1-2H3. The minimum atomic E-state index is 0.0563. The molecule has 1 unspecified atom stereocenters. The van der Waals surface area contributed by atoms with Gasteiger partial charge in [0.05, 0.1) is 5.39 Å². The minimum absolute atomic E-state index is 0.0563. The van der Waals surface area contributed by atoms with E-state index in [1.807, 2.05) is 31.5 Å². The molecule has 0 amide bonds. The minimum Gasteiger partial charge on any atom is -0.267 e. The van der Waals surface area contributed by atoms with Gasteiger partial charge in [-0.2, -0.15) is 4.68 Å². The lowest BCUT2D eigenvalue weighted by Crippen LogP contribution is -2.28. The lowest BCUT2D eigenvalue weighted by atomic mass is 9.89. The first-order valence-electron chi connectivity index (χ1n) is 7.32. The van der Waals surface area contributed by atoms with Crippen molar-refractivity contribution in [2.45, 2.75) is 33.1 Å². The fraction of sp³-hybridized carbons (Fsp3) is 0.375. The smallest absolute Gasteiger partial charge is 0.267 e. The number of aryl methyl sites for hydroxylation is 2. The largest absolute Gasteiger partial charge is 0.281 e. The summed E-state index contributed by atoms with van der Waals surface area (Å²) in [6.45, 7) is 4.17. The van der Waals surface area contributed by atoms with Crippen LogP contribution in [-0.2, 0) is 12.8 Å². The highest BCUT2D eigenvalue weighted by Crippen LogP contribution is 2.35. The third-order valence-corrected chi connectivity index (χ3v) is 5.44. The van der Waals surface area contributed by atoms with Crippen molar-refractivity contribution in [2.75, 3.05) is 0 Å². The summed E-state index contributed by atoms with van der Waals surface area (Å²) in [5.74, 6) is 1.44. The first kappa shape index (κ1) is 12.8. The number of aromatic nitrogens is 3. The average molecular weight is 299 g/mol. The van der Waals surface area contributed by atoms with Crippen molar-refractivity contribution in [1.29, 1.82) is 0 Å². The van der Waals surface area contributed by atoms with Gasteiger partial charge in [0.2, 0.25) is 0 Å². The van der Waals surface area contributed by atoms with E-state index in [0.717, 1.165) is 35.3 Å². The van der Waals surface area contributed by atoms with Gasteiger partial charge in [-0.1, -0.05) is 6.92 Å². The summed E-state index contributed by atoms with van der Waals surface area (Å²) in [5.41, 5.74) is 1.30. The number of nitrogens with zero attached hydrogens (tertiary/aromatic N) is 3. The third kappa shape index (κ3) is 1.87. The SMILES string of the molecule is Cc1nc2sc3c(c2c(=O)n1-n1cccc1)CCC(C)C3. The first-order valence-corrected chi connectivity index (χ1v) is 8.14. The third-order valence-electron chi connectivity index (χ3n) is 4.29. The Balaban J connectivity index is 2.05. The second-order valence-corrected chi connectivity index (χ2v) is 6.95. The van der Waals surface area contributed by atoms with Crippen molar-refractivity contribution in [3.8, 4) is 0 Å².